The molecule has 1 rings (SSSR count). The maximum atomic E-state index is 12.0. The summed E-state index contributed by atoms with van der Waals surface area (Å²) in [5.74, 6) is -1.50. The molecule has 0 saturated carbocycles. The van der Waals surface area contributed by atoms with Crippen molar-refractivity contribution in [3.05, 3.63) is 33.7 Å². The lowest BCUT2D eigenvalue weighted by molar-refractivity contribution is -0.149. The van der Waals surface area contributed by atoms with Gasteiger partial charge < -0.3 is 15.4 Å². The van der Waals surface area contributed by atoms with Gasteiger partial charge in [-0.15, -0.1) is 0 Å². The number of carboxylic acids is 1. The Labute approximate surface area is 117 Å². The van der Waals surface area contributed by atoms with Crippen LogP contribution in [-0.4, -0.2) is 28.5 Å². The van der Waals surface area contributed by atoms with Gasteiger partial charge in [-0.25, -0.2) is 0 Å². The third-order valence-corrected chi connectivity index (χ3v) is 3.70. The molecule has 0 spiro atoms. The molecule has 6 heteroatoms. The predicted octanol–water partition coefficient (Wildman–Crippen LogP) is 1.30. The quantitative estimate of drug-likeness (QED) is 0.731. The molecular weight excluding hydrogens is 260 g/mol. The zero-order valence-corrected chi connectivity index (χ0v) is 11.9. The van der Waals surface area contributed by atoms with Crippen LogP contribution in [0.15, 0.2) is 17.1 Å². The number of hydrogen-bond acceptors (Lipinski definition) is 3. The van der Waals surface area contributed by atoms with Crippen LogP contribution in [0, 0.1) is 12.3 Å². The monoisotopic (exact) mass is 280 g/mol. The van der Waals surface area contributed by atoms with Gasteiger partial charge in [-0.3, -0.25) is 14.4 Å². The van der Waals surface area contributed by atoms with Gasteiger partial charge in [-0.05, 0) is 19.8 Å². The molecule has 110 valence electrons. The van der Waals surface area contributed by atoms with Crippen LogP contribution < -0.4 is 10.7 Å². The van der Waals surface area contributed by atoms with Crippen molar-refractivity contribution in [3.63, 3.8) is 0 Å². The second kappa shape index (κ2) is 6.36. The van der Waals surface area contributed by atoms with Crippen LogP contribution in [0.2, 0.25) is 0 Å². The summed E-state index contributed by atoms with van der Waals surface area (Å²) < 4.78 is 0. The highest BCUT2D eigenvalue weighted by molar-refractivity contribution is 5.94. The third-order valence-electron chi connectivity index (χ3n) is 3.70. The van der Waals surface area contributed by atoms with Crippen molar-refractivity contribution in [1.82, 2.24) is 10.3 Å². The number of pyridine rings is 1. The highest BCUT2D eigenvalue weighted by atomic mass is 16.4. The first-order chi connectivity index (χ1) is 9.36. The highest BCUT2D eigenvalue weighted by Gasteiger charge is 2.35. The number of aliphatic carboxylic acids is 1. The molecule has 1 amide bonds. The Morgan fingerprint density at radius 2 is 1.95 bits per heavy atom. The van der Waals surface area contributed by atoms with E-state index in [9.17, 15) is 19.5 Å². The van der Waals surface area contributed by atoms with Crippen molar-refractivity contribution in [2.45, 2.75) is 33.6 Å². The first-order valence-corrected chi connectivity index (χ1v) is 6.57. The van der Waals surface area contributed by atoms with E-state index in [2.05, 4.69) is 10.3 Å². The van der Waals surface area contributed by atoms with Crippen LogP contribution in [-0.2, 0) is 4.79 Å². The molecule has 20 heavy (non-hydrogen) atoms. The van der Waals surface area contributed by atoms with Crippen molar-refractivity contribution < 1.29 is 14.7 Å². The first-order valence-electron chi connectivity index (χ1n) is 6.57. The van der Waals surface area contributed by atoms with E-state index in [1.807, 2.05) is 0 Å². The van der Waals surface area contributed by atoms with Crippen LogP contribution in [0.25, 0.3) is 0 Å². The minimum absolute atomic E-state index is 0.00147. The fourth-order valence-electron chi connectivity index (χ4n) is 1.97. The Kier molecular flexibility index (Phi) is 5.07. The van der Waals surface area contributed by atoms with Crippen LogP contribution in [0.5, 0.6) is 0 Å². The van der Waals surface area contributed by atoms with Crippen molar-refractivity contribution in [2.75, 3.05) is 6.54 Å². The number of rotatable bonds is 6. The van der Waals surface area contributed by atoms with E-state index in [1.54, 1.807) is 20.8 Å². The number of aromatic amines is 1. The number of amides is 1. The topological polar surface area (TPSA) is 99.3 Å². The molecular formula is C14H20N2O4. The van der Waals surface area contributed by atoms with Gasteiger partial charge in [-0.2, -0.15) is 0 Å². The number of carboxylic acid groups (broad SMARTS) is 1. The lowest BCUT2D eigenvalue weighted by atomic mass is 9.82. The van der Waals surface area contributed by atoms with E-state index in [0.29, 0.717) is 18.5 Å². The lowest BCUT2D eigenvalue weighted by Crippen LogP contribution is -2.43. The average molecular weight is 280 g/mol. The number of aromatic nitrogens is 1. The molecule has 0 atom stereocenters. The molecule has 0 saturated heterocycles. The first kappa shape index (κ1) is 15.9. The Balaban J connectivity index is 2.86. The van der Waals surface area contributed by atoms with E-state index in [0.717, 1.165) is 0 Å². The van der Waals surface area contributed by atoms with Crippen LogP contribution in [0.4, 0.5) is 0 Å². The second-order valence-corrected chi connectivity index (χ2v) is 4.87. The third kappa shape index (κ3) is 3.26. The summed E-state index contributed by atoms with van der Waals surface area (Å²) in [5, 5.41) is 11.8. The van der Waals surface area contributed by atoms with Crippen molar-refractivity contribution in [3.8, 4) is 0 Å². The van der Waals surface area contributed by atoms with Crippen molar-refractivity contribution in [1.29, 1.82) is 0 Å². The molecule has 1 heterocycles. The molecule has 1 aromatic rings. The van der Waals surface area contributed by atoms with Gasteiger partial charge in [0, 0.05) is 24.5 Å². The molecule has 0 aliphatic rings. The maximum absolute atomic E-state index is 12.0. The number of aryl methyl sites for hydroxylation is 1. The zero-order chi connectivity index (χ0) is 15.3. The predicted molar refractivity (Wildman–Crippen MR) is 74.8 cm³/mol. The molecule has 0 aliphatic heterocycles. The Morgan fingerprint density at radius 3 is 2.40 bits per heavy atom. The summed E-state index contributed by atoms with van der Waals surface area (Å²) in [4.78, 5) is 37.8. The largest absolute Gasteiger partial charge is 0.481 e. The summed E-state index contributed by atoms with van der Waals surface area (Å²) in [5.41, 5.74) is -0.726. The summed E-state index contributed by atoms with van der Waals surface area (Å²) in [6, 6.07) is 1.33. The molecule has 0 bridgehead atoms. The minimum atomic E-state index is -0.993. The number of hydrogen-bond donors (Lipinski definition) is 3. The second-order valence-electron chi connectivity index (χ2n) is 4.87. The average Bonchev–Trinajstić information content (AvgIpc) is 2.39. The van der Waals surface area contributed by atoms with E-state index in [4.69, 9.17) is 0 Å². The number of carbonyl (C=O) groups excluding carboxylic acids is 1. The maximum Gasteiger partial charge on any atom is 0.311 e. The van der Waals surface area contributed by atoms with Gasteiger partial charge in [-0.1, -0.05) is 13.8 Å². The normalized spacial score (nSPS) is 11.2. The van der Waals surface area contributed by atoms with E-state index in [-0.39, 0.29) is 17.5 Å². The molecule has 0 unspecified atom stereocenters. The van der Waals surface area contributed by atoms with Gasteiger partial charge in [0.1, 0.15) is 5.56 Å². The smallest absolute Gasteiger partial charge is 0.311 e. The lowest BCUT2D eigenvalue weighted by Gasteiger charge is -2.26. The number of nitrogens with one attached hydrogen (secondary N) is 2. The SMILES string of the molecule is CCC(CC)(CNC(=O)c1c[nH]c(C)cc1=O)C(=O)O. The van der Waals surface area contributed by atoms with Gasteiger partial charge in [0.05, 0.1) is 5.41 Å². The molecule has 0 aliphatic carbocycles. The Morgan fingerprint density at radius 1 is 1.35 bits per heavy atom. The molecule has 1 aromatic heterocycles. The standard InChI is InChI=1S/C14H20N2O4/c1-4-14(5-2,13(19)20)8-16-12(18)10-7-15-9(3)6-11(10)17/h6-7H,4-5,8H2,1-3H3,(H,15,17)(H,16,18)(H,19,20). The van der Waals surface area contributed by atoms with Gasteiger partial charge in [0.2, 0.25) is 0 Å². The molecule has 0 fully saturated rings. The van der Waals surface area contributed by atoms with Crippen LogP contribution in [0.3, 0.4) is 0 Å². The summed E-state index contributed by atoms with van der Waals surface area (Å²) in [7, 11) is 0. The summed E-state index contributed by atoms with van der Waals surface area (Å²) >= 11 is 0. The van der Waals surface area contributed by atoms with Crippen molar-refractivity contribution in [2.24, 2.45) is 5.41 Å². The molecule has 0 aromatic carbocycles. The molecule has 3 N–H and O–H groups in total. The number of carbonyl (C=O) groups is 2. The van der Waals surface area contributed by atoms with E-state index >= 15 is 0 Å². The van der Waals surface area contributed by atoms with Gasteiger partial charge in [0.25, 0.3) is 5.91 Å². The minimum Gasteiger partial charge on any atom is -0.481 e. The molecule has 6 nitrogen and oxygen atoms in total. The Hall–Kier alpha value is -2.11. The van der Waals surface area contributed by atoms with Gasteiger partial charge >= 0.3 is 5.97 Å². The van der Waals surface area contributed by atoms with E-state index in [1.165, 1.54) is 12.3 Å². The van der Waals surface area contributed by atoms with Crippen LogP contribution >= 0.6 is 0 Å². The summed E-state index contributed by atoms with van der Waals surface area (Å²) in [6.07, 6.45) is 2.15. The van der Waals surface area contributed by atoms with Crippen molar-refractivity contribution >= 4 is 11.9 Å². The fraction of sp³-hybridized carbons (Fsp3) is 0.500. The molecule has 0 radical (unpaired) electrons. The van der Waals surface area contributed by atoms with Crippen LogP contribution in [0.1, 0.15) is 42.7 Å². The highest BCUT2D eigenvalue weighted by Crippen LogP contribution is 2.25. The number of H-pyrrole nitrogens is 1. The summed E-state index contributed by atoms with van der Waals surface area (Å²) in [6.45, 7) is 5.25. The zero-order valence-electron chi connectivity index (χ0n) is 11.9. The van der Waals surface area contributed by atoms with E-state index < -0.39 is 17.3 Å². The Bertz CT molecular complexity index is 559. The fourth-order valence-corrected chi connectivity index (χ4v) is 1.97. The van der Waals surface area contributed by atoms with Gasteiger partial charge in [0.15, 0.2) is 5.43 Å².